The lowest BCUT2D eigenvalue weighted by atomic mass is 10.1. The van der Waals surface area contributed by atoms with Gasteiger partial charge in [-0.3, -0.25) is 0 Å². The lowest BCUT2D eigenvalue weighted by Gasteiger charge is -2.13. The molecule has 0 unspecified atom stereocenters. The van der Waals surface area contributed by atoms with Crippen LogP contribution in [0, 0.1) is 0 Å². The minimum Gasteiger partial charge on any atom is -0.461 e. The molecule has 0 atom stereocenters. The molecule has 0 spiro atoms. The predicted octanol–water partition coefficient (Wildman–Crippen LogP) is 5.43. The number of ether oxygens (including phenoxy) is 1. The molecule has 1 aromatic heterocycles. The molecule has 126 valence electrons. The molecule has 0 aliphatic rings. The van der Waals surface area contributed by atoms with E-state index in [0.29, 0.717) is 12.4 Å². The van der Waals surface area contributed by atoms with E-state index in [1.54, 1.807) is 13.0 Å². The fourth-order valence-electron chi connectivity index (χ4n) is 2.39. The summed E-state index contributed by atoms with van der Waals surface area (Å²) in [5.41, 5.74) is 3.09. The highest BCUT2D eigenvalue weighted by atomic mass is 79.9. The number of nitrogens with one attached hydrogen (secondary N) is 1. The van der Waals surface area contributed by atoms with Gasteiger partial charge in [-0.2, -0.15) is 0 Å². The topological polar surface area (TPSA) is 51.2 Å². The summed E-state index contributed by atoms with van der Waals surface area (Å²) >= 11 is 3.43. The van der Waals surface area contributed by atoms with Crippen molar-refractivity contribution in [3.05, 3.63) is 76.9 Å². The first-order valence-corrected chi connectivity index (χ1v) is 8.73. The van der Waals surface area contributed by atoms with Gasteiger partial charge in [0.05, 0.1) is 6.61 Å². The normalized spacial score (nSPS) is 10.3. The molecule has 0 aliphatic carbocycles. The van der Waals surface area contributed by atoms with Crippen molar-refractivity contribution in [2.75, 3.05) is 11.9 Å². The zero-order valence-corrected chi connectivity index (χ0v) is 15.3. The summed E-state index contributed by atoms with van der Waals surface area (Å²) < 4.78 is 6.05. The van der Waals surface area contributed by atoms with Gasteiger partial charge in [0.25, 0.3) is 0 Å². The number of rotatable bonds is 5. The van der Waals surface area contributed by atoms with Crippen LogP contribution in [0.15, 0.2) is 71.2 Å². The molecule has 1 N–H and O–H groups in total. The van der Waals surface area contributed by atoms with E-state index < -0.39 is 5.97 Å². The smallest absolute Gasteiger partial charge is 0.356 e. The quantitative estimate of drug-likeness (QED) is 0.584. The maximum Gasteiger partial charge on any atom is 0.356 e. The molecule has 0 bridgehead atoms. The number of hydrogen-bond donors (Lipinski definition) is 1. The molecular formula is C20H17BrN2O2. The van der Waals surface area contributed by atoms with E-state index in [9.17, 15) is 4.79 Å². The van der Waals surface area contributed by atoms with Gasteiger partial charge in [-0.15, -0.1) is 0 Å². The van der Waals surface area contributed by atoms with Crippen molar-refractivity contribution in [2.24, 2.45) is 0 Å². The zero-order valence-electron chi connectivity index (χ0n) is 13.7. The summed E-state index contributed by atoms with van der Waals surface area (Å²) in [6, 6.07) is 21.3. The standard InChI is InChI=1S/C20H17BrN2O2/c1-2-25-20(24)18-13-12-17(14-6-4-3-5-7-14)19(23-18)22-16-10-8-15(21)9-11-16/h3-13H,2H2,1H3,(H,22,23). The van der Waals surface area contributed by atoms with Crippen molar-refractivity contribution < 1.29 is 9.53 Å². The van der Waals surface area contributed by atoms with Gasteiger partial charge in [-0.25, -0.2) is 9.78 Å². The van der Waals surface area contributed by atoms with E-state index in [-0.39, 0.29) is 5.69 Å². The van der Waals surface area contributed by atoms with Gasteiger partial charge in [0.1, 0.15) is 5.82 Å². The summed E-state index contributed by atoms with van der Waals surface area (Å²) in [4.78, 5) is 16.5. The van der Waals surface area contributed by atoms with Crippen LogP contribution in [0.1, 0.15) is 17.4 Å². The zero-order chi connectivity index (χ0) is 17.6. The largest absolute Gasteiger partial charge is 0.461 e. The minimum absolute atomic E-state index is 0.279. The Balaban J connectivity index is 2.02. The summed E-state index contributed by atoms with van der Waals surface area (Å²) in [6.07, 6.45) is 0. The second-order valence-electron chi connectivity index (χ2n) is 5.31. The van der Waals surface area contributed by atoms with Crippen LogP contribution in [0.25, 0.3) is 11.1 Å². The number of pyridine rings is 1. The van der Waals surface area contributed by atoms with Crippen LogP contribution < -0.4 is 5.32 Å². The number of benzene rings is 2. The monoisotopic (exact) mass is 396 g/mol. The van der Waals surface area contributed by atoms with Crippen LogP contribution in [-0.2, 0) is 4.74 Å². The number of hydrogen-bond acceptors (Lipinski definition) is 4. The molecule has 0 amide bonds. The van der Waals surface area contributed by atoms with Gasteiger partial charge in [-0.05, 0) is 48.9 Å². The fraction of sp³-hybridized carbons (Fsp3) is 0.100. The molecule has 3 rings (SSSR count). The third-order valence-corrected chi connectivity index (χ3v) is 4.10. The summed E-state index contributed by atoms with van der Waals surface area (Å²) in [7, 11) is 0. The van der Waals surface area contributed by atoms with E-state index in [1.165, 1.54) is 0 Å². The summed E-state index contributed by atoms with van der Waals surface area (Å²) in [5.74, 6) is 0.181. The molecule has 0 saturated carbocycles. The molecule has 3 aromatic rings. The van der Waals surface area contributed by atoms with Crippen LogP contribution in [-0.4, -0.2) is 17.6 Å². The van der Waals surface area contributed by atoms with E-state index >= 15 is 0 Å². The number of carbonyl (C=O) groups is 1. The van der Waals surface area contributed by atoms with Crippen LogP contribution in [0.4, 0.5) is 11.5 Å². The summed E-state index contributed by atoms with van der Waals surface area (Å²) in [5, 5.41) is 3.30. The number of halogens is 1. The second-order valence-corrected chi connectivity index (χ2v) is 6.23. The first-order valence-electron chi connectivity index (χ1n) is 7.93. The molecule has 25 heavy (non-hydrogen) atoms. The van der Waals surface area contributed by atoms with E-state index in [1.807, 2.05) is 60.7 Å². The van der Waals surface area contributed by atoms with Gasteiger partial charge in [0.15, 0.2) is 5.69 Å². The molecular weight excluding hydrogens is 380 g/mol. The lowest BCUT2D eigenvalue weighted by Crippen LogP contribution is -2.09. The highest BCUT2D eigenvalue weighted by molar-refractivity contribution is 9.10. The number of anilines is 2. The average molecular weight is 397 g/mol. The lowest BCUT2D eigenvalue weighted by molar-refractivity contribution is 0.0519. The Hall–Kier alpha value is -2.66. The van der Waals surface area contributed by atoms with Gasteiger partial charge in [-0.1, -0.05) is 46.3 Å². The number of aromatic nitrogens is 1. The summed E-state index contributed by atoms with van der Waals surface area (Å²) in [6.45, 7) is 2.09. The molecule has 4 nitrogen and oxygen atoms in total. The van der Waals surface area contributed by atoms with Crippen molar-refractivity contribution >= 4 is 33.4 Å². The number of esters is 1. The SMILES string of the molecule is CCOC(=O)c1ccc(-c2ccccc2)c(Nc2ccc(Br)cc2)n1. The van der Waals surface area contributed by atoms with E-state index in [2.05, 4.69) is 26.2 Å². The Bertz CT molecular complexity index is 865. The van der Waals surface area contributed by atoms with E-state index in [0.717, 1.165) is 21.3 Å². The van der Waals surface area contributed by atoms with Gasteiger partial charge in [0, 0.05) is 15.7 Å². The molecule has 2 aromatic carbocycles. The van der Waals surface area contributed by atoms with Crippen LogP contribution in [0.3, 0.4) is 0 Å². The van der Waals surface area contributed by atoms with Gasteiger partial charge < -0.3 is 10.1 Å². The van der Waals surface area contributed by atoms with E-state index in [4.69, 9.17) is 4.74 Å². The second kappa shape index (κ2) is 7.94. The van der Waals surface area contributed by atoms with Gasteiger partial charge in [0.2, 0.25) is 0 Å². The average Bonchev–Trinajstić information content (AvgIpc) is 2.64. The first-order chi connectivity index (χ1) is 12.2. The maximum absolute atomic E-state index is 12.0. The van der Waals surface area contributed by atoms with Crippen molar-refractivity contribution in [2.45, 2.75) is 6.92 Å². The Kier molecular flexibility index (Phi) is 5.46. The highest BCUT2D eigenvalue weighted by Gasteiger charge is 2.14. The first kappa shape index (κ1) is 17.2. The highest BCUT2D eigenvalue weighted by Crippen LogP contribution is 2.29. The van der Waals surface area contributed by atoms with Crippen LogP contribution in [0.2, 0.25) is 0 Å². The Morgan fingerprint density at radius 1 is 1.04 bits per heavy atom. The molecule has 0 saturated heterocycles. The van der Waals surface area contributed by atoms with Crippen molar-refractivity contribution in [3.63, 3.8) is 0 Å². The third-order valence-electron chi connectivity index (χ3n) is 3.57. The third kappa shape index (κ3) is 4.25. The molecule has 0 fully saturated rings. The molecule has 0 aliphatic heterocycles. The predicted molar refractivity (Wildman–Crippen MR) is 103 cm³/mol. The Morgan fingerprint density at radius 3 is 2.44 bits per heavy atom. The van der Waals surface area contributed by atoms with Crippen molar-refractivity contribution in [3.8, 4) is 11.1 Å². The Morgan fingerprint density at radius 2 is 1.76 bits per heavy atom. The van der Waals surface area contributed by atoms with Crippen LogP contribution in [0.5, 0.6) is 0 Å². The Labute approximate surface area is 155 Å². The van der Waals surface area contributed by atoms with Crippen LogP contribution >= 0.6 is 15.9 Å². The fourth-order valence-corrected chi connectivity index (χ4v) is 2.66. The maximum atomic E-state index is 12.0. The number of nitrogens with zero attached hydrogens (tertiary/aromatic N) is 1. The van der Waals surface area contributed by atoms with Gasteiger partial charge >= 0.3 is 5.97 Å². The molecule has 0 radical (unpaired) electrons. The molecule has 5 heteroatoms. The molecule has 1 heterocycles. The minimum atomic E-state index is -0.430. The van der Waals surface area contributed by atoms with Crippen molar-refractivity contribution in [1.29, 1.82) is 0 Å². The number of carbonyl (C=O) groups excluding carboxylic acids is 1. The van der Waals surface area contributed by atoms with Crippen molar-refractivity contribution in [1.82, 2.24) is 4.98 Å².